The molecule has 3 heterocycles. The van der Waals surface area contributed by atoms with Crippen LogP contribution in [-0.4, -0.2) is 15.0 Å². The molecule has 148 valence electrons. The van der Waals surface area contributed by atoms with Crippen molar-refractivity contribution in [2.45, 2.75) is 26.6 Å². The fourth-order valence-electron chi connectivity index (χ4n) is 3.10. The summed E-state index contributed by atoms with van der Waals surface area (Å²) >= 11 is 1.26. The highest BCUT2D eigenvalue weighted by Crippen LogP contribution is 2.16. The summed E-state index contributed by atoms with van der Waals surface area (Å²) in [5.74, 6) is 0.162. The molecule has 4 aromatic rings. The van der Waals surface area contributed by atoms with Crippen molar-refractivity contribution in [2.24, 2.45) is 0 Å². The summed E-state index contributed by atoms with van der Waals surface area (Å²) < 4.78 is 8.16. The minimum Gasteiger partial charge on any atom is -0.467 e. The lowest BCUT2D eigenvalue weighted by atomic mass is 10.1. The number of fused-ring (bicyclic) bond motifs is 1. The minimum atomic E-state index is -0.505. The minimum absolute atomic E-state index is 0.194. The SMILES string of the molecule is Cc1ccc(Cn2c(=O)n(CC(=O)NCc3ccco3)c(=O)c3sccc32)cc1. The summed E-state index contributed by atoms with van der Waals surface area (Å²) in [6.07, 6.45) is 1.51. The molecule has 29 heavy (non-hydrogen) atoms. The standard InChI is InChI=1S/C21H19N3O4S/c1-14-4-6-15(7-5-14)12-23-17-8-10-29-19(17)20(26)24(21(23)27)13-18(25)22-11-16-3-2-9-28-16/h2-10H,11-13H2,1H3,(H,22,25). The fraction of sp³-hybridized carbons (Fsp3) is 0.190. The monoisotopic (exact) mass is 409 g/mol. The summed E-state index contributed by atoms with van der Waals surface area (Å²) in [5.41, 5.74) is 1.69. The lowest BCUT2D eigenvalue weighted by Gasteiger charge is -2.12. The molecular formula is C21H19N3O4S. The van der Waals surface area contributed by atoms with E-state index in [1.165, 1.54) is 22.2 Å². The maximum atomic E-state index is 13.1. The molecule has 0 aliphatic rings. The first-order chi connectivity index (χ1) is 14.0. The van der Waals surface area contributed by atoms with Crippen LogP contribution in [0.5, 0.6) is 0 Å². The zero-order valence-electron chi connectivity index (χ0n) is 15.8. The number of furan rings is 1. The first kappa shape index (κ1) is 18.9. The van der Waals surface area contributed by atoms with Gasteiger partial charge in [-0.25, -0.2) is 9.36 Å². The van der Waals surface area contributed by atoms with Gasteiger partial charge in [-0.1, -0.05) is 29.8 Å². The zero-order valence-corrected chi connectivity index (χ0v) is 16.6. The molecule has 7 nitrogen and oxygen atoms in total. The molecule has 0 saturated carbocycles. The van der Waals surface area contributed by atoms with Crippen LogP contribution >= 0.6 is 11.3 Å². The predicted molar refractivity (Wildman–Crippen MR) is 111 cm³/mol. The van der Waals surface area contributed by atoms with Crippen molar-refractivity contribution >= 4 is 27.5 Å². The van der Waals surface area contributed by atoms with Crippen LogP contribution in [0.1, 0.15) is 16.9 Å². The second-order valence-corrected chi connectivity index (χ2v) is 7.65. The second kappa shape index (κ2) is 7.92. The van der Waals surface area contributed by atoms with E-state index in [2.05, 4.69) is 5.32 Å². The Balaban J connectivity index is 1.66. The number of hydrogen-bond donors (Lipinski definition) is 1. The molecule has 0 fully saturated rings. The summed E-state index contributed by atoms with van der Waals surface area (Å²) in [7, 11) is 0. The largest absolute Gasteiger partial charge is 0.467 e. The van der Waals surface area contributed by atoms with Crippen LogP contribution in [0, 0.1) is 6.92 Å². The lowest BCUT2D eigenvalue weighted by Crippen LogP contribution is -2.43. The third-order valence-electron chi connectivity index (χ3n) is 4.64. The highest BCUT2D eigenvalue weighted by atomic mass is 32.1. The van der Waals surface area contributed by atoms with Gasteiger partial charge in [0.05, 0.1) is 24.9 Å². The quantitative estimate of drug-likeness (QED) is 0.530. The summed E-state index contributed by atoms with van der Waals surface area (Å²) in [6.45, 7) is 2.16. The number of nitrogens with zero attached hydrogens (tertiary/aromatic N) is 2. The Hall–Kier alpha value is -3.39. The number of benzene rings is 1. The van der Waals surface area contributed by atoms with E-state index in [9.17, 15) is 14.4 Å². The molecule has 1 aromatic carbocycles. The molecule has 8 heteroatoms. The molecule has 0 bridgehead atoms. The van der Waals surface area contributed by atoms with Crippen molar-refractivity contribution in [1.29, 1.82) is 0 Å². The highest BCUT2D eigenvalue weighted by molar-refractivity contribution is 7.17. The lowest BCUT2D eigenvalue weighted by molar-refractivity contribution is -0.122. The molecule has 0 radical (unpaired) electrons. The van der Waals surface area contributed by atoms with Crippen molar-refractivity contribution in [3.05, 3.63) is 91.8 Å². The van der Waals surface area contributed by atoms with Gasteiger partial charge in [0, 0.05) is 0 Å². The highest BCUT2D eigenvalue weighted by Gasteiger charge is 2.17. The maximum Gasteiger partial charge on any atom is 0.332 e. The van der Waals surface area contributed by atoms with E-state index < -0.39 is 17.2 Å². The van der Waals surface area contributed by atoms with E-state index in [-0.39, 0.29) is 13.1 Å². The van der Waals surface area contributed by atoms with Gasteiger partial charge in [-0.15, -0.1) is 11.3 Å². The van der Waals surface area contributed by atoms with Crippen molar-refractivity contribution in [3.8, 4) is 0 Å². The Kier molecular flexibility index (Phi) is 5.18. The Bertz CT molecular complexity index is 1260. The number of thiophene rings is 1. The summed E-state index contributed by atoms with van der Waals surface area (Å²) in [5, 5.41) is 4.44. The Labute approximate surface area is 169 Å². The Morgan fingerprint density at radius 2 is 1.90 bits per heavy atom. The molecule has 1 amide bonds. The van der Waals surface area contributed by atoms with Crippen LogP contribution in [0.15, 0.2) is 68.1 Å². The molecular weight excluding hydrogens is 390 g/mol. The van der Waals surface area contributed by atoms with Crippen molar-refractivity contribution in [1.82, 2.24) is 14.5 Å². The Morgan fingerprint density at radius 3 is 2.62 bits per heavy atom. The zero-order chi connectivity index (χ0) is 20.4. The third kappa shape index (κ3) is 3.93. The number of carbonyl (C=O) groups is 1. The van der Waals surface area contributed by atoms with E-state index in [1.54, 1.807) is 23.6 Å². The second-order valence-electron chi connectivity index (χ2n) is 6.74. The molecule has 0 aliphatic heterocycles. The van der Waals surface area contributed by atoms with Gasteiger partial charge in [0.2, 0.25) is 5.91 Å². The number of rotatable bonds is 6. The number of amides is 1. The van der Waals surface area contributed by atoms with Gasteiger partial charge in [0.1, 0.15) is 17.0 Å². The number of hydrogen-bond acceptors (Lipinski definition) is 5. The topological polar surface area (TPSA) is 86.2 Å². The molecule has 4 rings (SSSR count). The van der Waals surface area contributed by atoms with Gasteiger partial charge in [0.25, 0.3) is 5.56 Å². The van der Waals surface area contributed by atoms with Crippen LogP contribution in [0.4, 0.5) is 0 Å². The van der Waals surface area contributed by atoms with Gasteiger partial charge in [-0.2, -0.15) is 0 Å². The average molecular weight is 409 g/mol. The normalized spacial score (nSPS) is 11.1. The average Bonchev–Trinajstić information content (AvgIpc) is 3.40. The summed E-state index contributed by atoms with van der Waals surface area (Å²) in [6, 6.07) is 13.1. The van der Waals surface area contributed by atoms with Crippen LogP contribution in [-0.2, 0) is 24.4 Å². The van der Waals surface area contributed by atoms with E-state index >= 15 is 0 Å². The predicted octanol–water partition coefficient (Wildman–Crippen LogP) is 2.49. The van der Waals surface area contributed by atoms with Crippen LogP contribution in [0.3, 0.4) is 0 Å². The number of nitrogens with one attached hydrogen (secondary N) is 1. The third-order valence-corrected chi connectivity index (χ3v) is 5.53. The summed E-state index contributed by atoms with van der Waals surface area (Å²) in [4.78, 5) is 38.2. The molecule has 0 atom stereocenters. The van der Waals surface area contributed by atoms with Crippen molar-refractivity contribution in [2.75, 3.05) is 0 Å². The number of carbonyl (C=O) groups excluding carboxylic acids is 1. The van der Waals surface area contributed by atoms with E-state index in [0.29, 0.717) is 22.5 Å². The van der Waals surface area contributed by atoms with Crippen molar-refractivity contribution in [3.63, 3.8) is 0 Å². The molecule has 0 spiro atoms. The smallest absolute Gasteiger partial charge is 0.332 e. The van der Waals surface area contributed by atoms with Gasteiger partial charge in [0.15, 0.2) is 0 Å². The Morgan fingerprint density at radius 1 is 1.10 bits per heavy atom. The molecule has 3 aromatic heterocycles. The maximum absolute atomic E-state index is 13.1. The number of aromatic nitrogens is 2. The molecule has 1 N–H and O–H groups in total. The fourth-order valence-corrected chi connectivity index (χ4v) is 3.94. The molecule has 0 aliphatic carbocycles. The molecule has 0 unspecified atom stereocenters. The van der Waals surface area contributed by atoms with Crippen LogP contribution in [0.25, 0.3) is 10.2 Å². The first-order valence-corrected chi connectivity index (χ1v) is 9.96. The molecule has 0 saturated heterocycles. The van der Waals surface area contributed by atoms with Gasteiger partial charge in [-0.05, 0) is 36.1 Å². The van der Waals surface area contributed by atoms with Gasteiger partial charge < -0.3 is 9.73 Å². The number of aryl methyl sites for hydroxylation is 1. The van der Waals surface area contributed by atoms with Crippen LogP contribution < -0.4 is 16.6 Å². The first-order valence-electron chi connectivity index (χ1n) is 9.08. The van der Waals surface area contributed by atoms with E-state index in [1.807, 2.05) is 31.2 Å². The van der Waals surface area contributed by atoms with E-state index in [4.69, 9.17) is 4.42 Å². The van der Waals surface area contributed by atoms with Gasteiger partial charge >= 0.3 is 5.69 Å². The van der Waals surface area contributed by atoms with Crippen molar-refractivity contribution < 1.29 is 9.21 Å². The van der Waals surface area contributed by atoms with Gasteiger partial charge in [-0.3, -0.25) is 14.2 Å². The van der Waals surface area contributed by atoms with E-state index in [0.717, 1.165) is 15.7 Å². The van der Waals surface area contributed by atoms with Crippen LogP contribution in [0.2, 0.25) is 0 Å².